The highest BCUT2D eigenvalue weighted by molar-refractivity contribution is 5.59. The highest BCUT2D eigenvalue weighted by Crippen LogP contribution is 2.37. The maximum absolute atomic E-state index is 12.2. The van der Waals surface area contributed by atoms with Gasteiger partial charge in [-0.2, -0.15) is 0 Å². The molecule has 0 bridgehead atoms. The Morgan fingerprint density at radius 3 is 2.65 bits per heavy atom. The number of hydrogen-bond acceptors (Lipinski definition) is 5. The summed E-state index contributed by atoms with van der Waals surface area (Å²) in [5.74, 6) is 0.402. The van der Waals surface area contributed by atoms with Crippen LogP contribution < -0.4 is 15.1 Å². The molecule has 1 aromatic heterocycles. The molecule has 0 unspecified atom stereocenters. The summed E-state index contributed by atoms with van der Waals surface area (Å²) in [4.78, 5) is 14.6. The zero-order valence-electron chi connectivity index (χ0n) is 15.9. The van der Waals surface area contributed by atoms with Gasteiger partial charge in [-0.1, -0.05) is 18.2 Å². The van der Waals surface area contributed by atoms with Gasteiger partial charge in [-0.3, -0.25) is 4.79 Å². The van der Waals surface area contributed by atoms with E-state index in [2.05, 4.69) is 43.0 Å². The lowest BCUT2D eigenvalue weighted by atomic mass is 9.87. The Kier molecular flexibility index (Phi) is 4.84. The van der Waals surface area contributed by atoms with Gasteiger partial charge in [0, 0.05) is 30.3 Å². The Balaban J connectivity index is 1.77. The molecule has 2 aromatic rings. The summed E-state index contributed by atoms with van der Waals surface area (Å²) in [6.45, 7) is 9.05. The Hall–Kier alpha value is -2.27. The Morgan fingerprint density at radius 2 is 1.96 bits per heavy atom. The zero-order chi connectivity index (χ0) is 18.9. The second kappa shape index (κ2) is 6.80. The number of benzene rings is 1. The summed E-state index contributed by atoms with van der Waals surface area (Å²) in [6, 6.07) is 9.77. The van der Waals surface area contributed by atoms with Crippen LogP contribution in [0.15, 0.2) is 45.8 Å². The van der Waals surface area contributed by atoms with Crippen molar-refractivity contribution < 1.29 is 14.3 Å². The molecular weight excluding hydrogens is 330 g/mol. The number of ether oxygens (including phenoxy) is 1. The van der Waals surface area contributed by atoms with Crippen molar-refractivity contribution in [1.82, 2.24) is 0 Å². The summed E-state index contributed by atoms with van der Waals surface area (Å²) in [5.41, 5.74) is 1.68. The molecule has 1 aliphatic rings. The van der Waals surface area contributed by atoms with E-state index in [0.717, 1.165) is 19.4 Å². The lowest BCUT2D eigenvalue weighted by Gasteiger charge is -2.42. The number of para-hydroxylation sites is 1. The van der Waals surface area contributed by atoms with Gasteiger partial charge in [0.15, 0.2) is 0 Å². The molecule has 0 aliphatic carbocycles. The monoisotopic (exact) mass is 357 g/mol. The average Bonchev–Trinajstić information content (AvgIpc) is 3.00. The quantitative estimate of drug-likeness (QED) is 0.857. The number of anilines is 1. The predicted molar refractivity (Wildman–Crippen MR) is 102 cm³/mol. The first kappa shape index (κ1) is 18.5. The van der Waals surface area contributed by atoms with E-state index in [9.17, 15) is 4.79 Å². The van der Waals surface area contributed by atoms with E-state index in [1.165, 1.54) is 23.6 Å². The number of rotatable bonds is 6. The first-order valence-electron chi connectivity index (χ1n) is 8.99. The molecule has 3 rings (SSSR count). The van der Waals surface area contributed by atoms with E-state index < -0.39 is 5.60 Å². The molecule has 26 heavy (non-hydrogen) atoms. The van der Waals surface area contributed by atoms with Gasteiger partial charge in [0.1, 0.15) is 24.2 Å². The molecule has 1 aromatic carbocycles. The van der Waals surface area contributed by atoms with Crippen LogP contribution in [-0.2, 0) is 13.0 Å². The van der Waals surface area contributed by atoms with Gasteiger partial charge in [-0.05, 0) is 45.7 Å². The van der Waals surface area contributed by atoms with Crippen molar-refractivity contribution in [3.05, 3.63) is 58.1 Å². The first-order chi connectivity index (χ1) is 12.2. The maximum atomic E-state index is 12.2. The van der Waals surface area contributed by atoms with Gasteiger partial charge < -0.3 is 19.2 Å². The summed E-state index contributed by atoms with van der Waals surface area (Å²) in [6.07, 6.45) is 3.07. The first-order valence-corrected chi connectivity index (χ1v) is 8.99. The Labute approximate surface area is 154 Å². The molecule has 0 radical (unpaired) electrons. The fourth-order valence-electron chi connectivity index (χ4n) is 4.03. The van der Waals surface area contributed by atoms with Crippen LogP contribution in [0.3, 0.4) is 0 Å². The molecule has 0 amide bonds. The van der Waals surface area contributed by atoms with Crippen molar-refractivity contribution in [1.29, 1.82) is 0 Å². The van der Waals surface area contributed by atoms with Crippen LogP contribution in [0.25, 0.3) is 0 Å². The maximum Gasteiger partial charge on any atom is 0.227 e. The molecule has 140 valence electrons. The van der Waals surface area contributed by atoms with Crippen LogP contribution in [-0.4, -0.2) is 22.8 Å². The van der Waals surface area contributed by atoms with Gasteiger partial charge >= 0.3 is 0 Å². The van der Waals surface area contributed by atoms with Gasteiger partial charge in [0.05, 0.1) is 0 Å². The van der Waals surface area contributed by atoms with Gasteiger partial charge in [-0.15, -0.1) is 0 Å². The number of aliphatic hydroxyl groups excluding tert-OH is 1. The fraction of sp³-hybridized carbons (Fsp3) is 0.476. The van der Waals surface area contributed by atoms with E-state index >= 15 is 0 Å². The third kappa shape index (κ3) is 3.78. The molecular formula is C21H27NO4. The van der Waals surface area contributed by atoms with Gasteiger partial charge in [0.25, 0.3) is 0 Å². The Morgan fingerprint density at radius 1 is 1.23 bits per heavy atom. The van der Waals surface area contributed by atoms with Crippen molar-refractivity contribution in [3.63, 3.8) is 0 Å². The highest BCUT2D eigenvalue weighted by Gasteiger charge is 2.38. The SMILES string of the molecule is CC(C)(CC(C)(C)N1CCc2ccccc21)Oc1coc(CO)cc1=O. The van der Waals surface area contributed by atoms with Crippen LogP contribution in [0, 0.1) is 0 Å². The normalized spacial score (nSPS) is 14.4. The van der Waals surface area contributed by atoms with Crippen molar-refractivity contribution in [3.8, 4) is 5.75 Å². The summed E-state index contributed by atoms with van der Waals surface area (Å²) in [5, 5.41) is 9.06. The lowest BCUT2D eigenvalue weighted by Crippen LogP contribution is -2.49. The standard InChI is InChI=1S/C21H27NO4/c1-20(2,22-10-9-15-7-5-6-8-17(15)22)14-21(3,4)26-19-13-25-16(12-23)11-18(19)24/h5-8,11,13,23H,9-10,12,14H2,1-4H3. The van der Waals surface area contributed by atoms with E-state index in [-0.39, 0.29) is 29.1 Å². The minimum absolute atomic E-state index is 0.138. The van der Waals surface area contributed by atoms with Crippen LogP contribution in [0.4, 0.5) is 5.69 Å². The Bertz CT molecular complexity index is 838. The molecule has 5 heteroatoms. The molecule has 0 saturated carbocycles. The van der Waals surface area contributed by atoms with Gasteiger partial charge in [0.2, 0.25) is 11.2 Å². The fourth-order valence-corrected chi connectivity index (χ4v) is 4.03. The number of aliphatic hydroxyl groups is 1. The molecule has 0 saturated heterocycles. The summed E-state index contributed by atoms with van der Waals surface area (Å²) < 4.78 is 11.2. The van der Waals surface area contributed by atoms with Crippen LogP contribution in [0.5, 0.6) is 5.75 Å². The van der Waals surface area contributed by atoms with Crippen molar-refractivity contribution >= 4 is 5.69 Å². The minimum atomic E-state index is -0.559. The largest absolute Gasteiger partial charge is 0.481 e. The lowest BCUT2D eigenvalue weighted by molar-refractivity contribution is 0.0721. The second-order valence-corrected chi connectivity index (χ2v) is 8.11. The molecule has 1 N–H and O–H groups in total. The average molecular weight is 357 g/mol. The van der Waals surface area contributed by atoms with E-state index in [1.54, 1.807) is 0 Å². The number of hydrogen-bond donors (Lipinski definition) is 1. The molecule has 2 heterocycles. The number of nitrogens with zero attached hydrogens (tertiary/aromatic N) is 1. The van der Waals surface area contributed by atoms with E-state index in [0.29, 0.717) is 0 Å². The van der Waals surface area contributed by atoms with E-state index in [1.807, 2.05) is 13.8 Å². The summed E-state index contributed by atoms with van der Waals surface area (Å²) in [7, 11) is 0. The summed E-state index contributed by atoms with van der Waals surface area (Å²) >= 11 is 0. The van der Waals surface area contributed by atoms with Gasteiger partial charge in [-0.25, -0.2) is 0 Å². The topological polar surface area (TPSA) is 62.9 Å². The third-order valence-corrected chi connectivity index (χ3v) is 4.87. The van der Waals surface area contributed by atoms with Crippen molar-refractivity contribution in [2.24, 2.45) is 0 Å². The van der Waals surface area contributed by atoms with Crippen LogP contribution >= 0.6 is 0 Å². The molecule has 1 aliphatic heterocycles. The predicted octanol–water partition coefficient (Wildman–Crippen LogP) is 3.52. The van der Waals surface area contributed by atoms with Crippen molar-refractivity contribution in [2.75, 3.05) is 11.4 Å². The molecule has 0 atom stereocenters. The molecule has 5 nitrogen and oxygen atoms in total. The third-order valence-electron chi connectivity index (χ3n) is 4.87. The molecule has 0 fully saturated rings. The zero-order valence-corrected chi connectivity index (χ0v) is 15.9. The second-order valence-electron chi connectivity index (χ2n) is 8.11. The smallest absolute Gasteiger partial charge is 0.227 e. The van der Waals surface area contributed by atoms with Crippen LogP contribution in [0.1, 0.15) is 45.4 Å². The van der Waals surface area contributed by atoms with E-state index in [4.69, 9.17) is 14.3 Å². The molecule has 0 spiro atoms. The number of fused-ring (bicyclic) bond motifs is 1. The van der Waals surface area contributed by atoms with Crippen molar-refractivity contribution in [2.45, 2.75) is 58.3 Å². The minimum Gasteiger partial charge on any atom is -0.481 e. The van der Waals surface area contributed by atoms with Crippen LogP contribution in [0.2, 0.25) is 0 Å². The highest BCUT2D eigenvalue weighted by atomic mass is 16.5.